The number of para-hydroxylation sites is 3. The zero-order valence-corrected chi connectivity index (χ0v) is 31.9. The third-order valence-electron chi connectivity index (χ3n) is 11.4. The van der Waals surface area contributed by atoms with Crippen LogP contribution in [0.25, 0.3) is 98.5 Å². The van der Waals surface area contributed by atoms with Crippen LogP contribution in [-0.4, -0.2) is 15.0 Å². The van der Waals surface area contributed by atoms with Gasteiger partial charge in [-0.25, -0.2) is 15.0 Å². The number of nitrogens with zero attached hydrogens (tertiary/aromatic N) is 3. The Balaban J connectivity index is 1.03. The summed E-state index contributed by atoms with van der Waals surface area (Å²) in [7, 11) is 0. The molecule has 0 saturated heterocycles. The topological polar surface area (TPSA) is 63.8 Å². The van der Waals surface area contributed by atoms with Crippen LogP contribution in [0.2, 0.25) is 0 Å². The van der Waals surface area contributed by atoms with Crippen molar-refractivity contribution in [3.63, 3.8) is 0 Å². The van der Waals surface area contributed by atoms with Gasteiger partial charge in [0.15, 0.2) is 17.5 Å². The Morgan fingerprint density at radius 2 is 1.07 bits per heavy atom. The third-order valence-corrected chi connectivity index (χ3v) is 12.7. The van der Waals surface area contributed by atoms with Crippen LogP contribution in [0.5, 0.6) is 0 Å². The van der Waals surface area contributed by atoms with Gasteiger partial charge in [0.25, 0.3) is 0 Å². The van der Waals surface area contributed by atoms with Crippen molar-refractivity contribution in [1.29, 1.82) is 0 Å². The van der Waals surface area contributed by atoms with Crippen molar-refractivity contribution >= 4 is 59.1 Å². The van der Waals surface area contributed by atoms with Gasteiger partial charge in [-0.3, -0.25) is 0 Å². The molecule has 1 unspecified atom stereocenters. The van der Waals surface area contributed by atoms with Gasteiger partial charge in [0, 0.05) is 58.9 Å². The standard InChI is InChI=1S/C52H32N4OS/c1-3-14-31(15-4-1)46-41-29-28-39-38-24-12-22-35(48(38)58-49(39)45(41)40-21-7-9-26-43(40)53-46)33-18-11-19-34(30-33)51-54-50(32-16-5-2-6-17-32)55-52(56-51)42-25-13-23-37-36-20-8-10-27-44(36)57-47(37)42/h1-30,46,53H. The normalized spacial score (nSPS) is 13.5. The zero-order valence-electron chi connectivity index (χ0n) is 31.1. The molecule has 0 bridgehead atoms. The van der Waals surface area contributed by atoms with E-state index in [9.17, 15) is 0 Å². The molecule has 1 aliphatic heterocycles. The van der Waals surface area contributed by atoms with Crippen LogP contribution in [0.15, 0.2) is 186 Å². The molecule has 0 radical (unpaired) electrons. The predicted octanol–water partition coefficient (Wildman–Crippen LogP) is 14.0. The molecule has 5 nitrogen and oxygen atoms in total. The lowest BCUT2D eigenvalue weighted by Gasteiger charge is -2.30. The van der Waals surface area contributed by atoms with E-state index in [2.05, 4.69) is 127 Å². The largest absolute Gasteiger partial charge is 0.455 e. The van der Waals surface area contributed by atoms with Gasteiger partial charge >= 0.3 is 0 Å². The number of fused-ring (bicyclic) bond motifs is 10. The number of hydrogen-bond acceptors (Lipinski definition) is 6. The predicted molar refractivity (Wildman–Crippen MR) is 239 cm³/mol. The van der Waals surface area contributed by atoms with Crippen molar-refractivity contribution < 1.29 is 4.42 Å². The molecule has 0 amide bonds. The minimum atomic E-state index is 0.0571. The van der Waals surface area contributed by atoms with Gasteiger partial charge in [-0.05, 0) is 46.5 Å². The summed E-state index contributed by atoms with van der Waals surface area (Å²) in [6, 6.07) is 63.9. The Labute approximate surface area is 338 Å². The molecule has 11 aromatic rings. The third kappa shape index (κ3) is 5.19. The lowest BCUT2D eigenvalue weighted by molar-refractivity contribution is 0.669. The molecule has 0 aliphatic carbocycles. The van der Waals surface area contributed by atoms with Crippen LogP contribution < -0.4 is 5.32 Å². The van der Waals surface area contributed by atoms with E-state index in [1.807, 2.05) is 72.0 Å². The van der Waals surface area contributed by atoms with Crippen molar-refractivity contribution in [3.8, 4) is 56.4 Å². The van der Waals surface area contributed by atoms with Crippen LogP contribution in [0.4, 0.5) is 5.69 Å². The second-order valence-electron chi connectivity index (χ2n) is 14.8. The molecule has 58 heavy (non-hydrogen) atoms. The fourth-order valence-corrected chi connectivity index (χ4v) is 10.1. The molecule has 272 valence electrons. The van der Waals surface area contributed by atoms with Gasteiger partial charge in [-0.2, -0.15) is 0 Å². The first kappa shape index (κ1) is 32.8. The Morgan fingerprint density at radius 1 is 0.448 bits per heavy atom. The first-order chi connectivity index (χ1) is 28.7. The first-order valence-electron chi connectivity index (χ1n) is 19.5. The van der Waals surface area contributed by atoms with Crippen LogP contribution >= 0.6 is 11.3 Å². The van der Waals surface area contributed by atoms with Gasteiger partial charge < -0.3 is 9.73 Å². The maximum Gasteiger partial charge on any atom is 0.167 e. The van der Waals surface area contributed by atoms with Crippen LogP contribution in [0.3, 0.4) is 0 Å². The molecule has 12 rings (SSSR count). The average molecular weight is 761 g/mol. The fourth-order valence-electron chi connectivity index (χ4n) is 8.68. The van der Waals surface area contributed by atoms with Gasteiger partial charge in [-0.1, -0.05) is 158 Å². The van der Waals surface area contributed by atoms with Crippen LogP contribution in [-0.2, 0) is 0 Å². The molecule has 4 heterocycles. The molecule has 8 aromatic carbocycles. The van der Waals surface area contributed by atoms with Crippen molar-refractivity contribution in [2.24, 2.45) is 0 Å². The highest BCUT2D eigenvalue weighted by molar-refractivity contribution is 7.27. The molecular formula is C52H32N4OS. The summed E-state index contributed by atoms with van der Waals surface area (Å²) in [5.41, 5.74) is 12.8. The van der Waals surface area contributed by atoms with E-state index in [1.54, 1.807) is 0 Å². The lowest BCUT2D eigenvalue weighted by atomic mass is 9.85. The van der Waals surface area contributed by atoms with E-state index in [4.69, 9.17) is 19.4 Å². The van der Waals surface area contributed by atoms with Crippen LogP contribution in [0, 0.1) is 0 Å². The smallest absolute Gasteiger partial charge is 0.167 e. The monoisotopic (exact) mass is 760 g/mol. The highest BCUT2D eigenvalue weighted by Gasteiger charge is 2.28. The average Bonchev–Trinajstić information content (AvgIpc) is 3.88. The van der Waals surface area contributed by atoms with Crippen LogP contribution in [0.1, 0.15) is 17.2 Å². The van der Waals surface area contributed by atoms with Gasteiger partial charge in [0.2, 0.25) is 0 Å². The quantitative estimate of drug-likeness (QED) is 0.189. The molecule has 1 aliphatic rings. The number of benzene rings is 8. The maximum atomic E-state index is 6.45. The summed E-state index contributed by atoms with van der Waals surface area (Å²) >= 11 is 1.88. The molecule has 0 saturated carbocycles. The molecule has 0 fully saturated rings. The number of nitrogens with one attached hydrogen (secondary N) is 1. The highest BCUT2D eigenvalue weighted by atomic mass is 32.1. The van der Waals surface area contributed by atoms with E-state index in [0.29, 0.717) is 17.5 Å². The molecule has 3 aromatic heterocycles. The molecular weight excluding hydrogens is 729 g/mol. The van der Waals surface area contributed by atoms with E-state index >= 15 is 0 Å². The molecule has 6 heteroatoms. The van der Waals surface area contributed by atoms with E-state index < -0.39 is 0 Å². The summed E-state index contributed by atoms with van der Waals surface area (Å²) in [5, 5.41) is 8.48. The summed E-state index contributed by atoms with van der Waals surface area (Å²) in [6.07, 6.45) is 0. The number of furan rings is 1. The summed E-state index contributed by atoms with van der Waals surface area (Å²) in [6.45, 7) is 0. The second kappa shape index (κ2) is 13.1. The van der Waals surface area contributed by atoms with Crippen molar-refractivity contribution in [2.75, 3.05) is 5.32 Å². The van der Waals surface area contributed by atoms with Gasteiger partial charge in [-0.15, -0.1) is 11.3 Å². The minimum absolute atomic E-state index is 0.0571. The van der Waals surface area contributed by atoms with E-state index in [1.165, 1.54) is 48.0 Å². The Bertz CT molecular complexity index is 3390. The van der Waals surface area contributed by atoms with Crippen molar-refractivity contribution in [2.45, 2.75) is 6.04 Å². The Morgan fingerprint density at radius 3 is 1.95 bits per heavy atom. The number of rotatable bonds is 5. The van der Waals surface area contributed by atoms with E-state index in [-0.39, 0.29) is 6.04 Å². The van der Waals surface area contributed by atoms with Crippen molar-refractivity contribution in [3.05, 3.63) is 193 Å². The number of hydrogen-bond donors (Lipinski definition) is 1. The summed E-state index contributed by atoms with van der Waals surface area (Å²) < 4.78 is 9.02. The lowest BCUT2D eigenvalue weighted by Crippen LogP contribution is -2.18. The van der Waals surface area contributed by atoms with Gasteiger partial charge in [0.05, 0.1) is 11.6 Å². The number of thiophene rings is 1. The zero-order chi connectivity index (χ0) is 38.2. The number of aromatic nitrogens is 3. The highest BCUT2D eigenvalue weighted by Crippen LogP contribution is 2.51. The molecule has 1 N–H and O–H groups in total. The van der Waals surface area contributed by atoms with E-state index in [0.717, 1.165) is 49.9 Å². The SMILES string of the molecule is c1ccc(-c2nc(-c3cccc(-c4cccc5c4sc4c6c(ccc45)C(c4ccccc4)Nc4ccccc4-6)c3)nc(-c3cccc4c3oc3ccccc34)n2)cc1. The summed E-state index contributed by atoms with van der Waals surface area (Å²) in [4.78, 5) is 15.3. The first-order valence-corrected chi connectivity index (χ1v) is 20.3. The fraction of sp³-hybridized carbons (Fsp3) is 0.0192. The molecule has 1 atom stereocenters. The minimum Gasteiger partial charge on any atom is -0.455 e. The van der Waals surface area contributed by atoms with Gasteiger partial charge in [0.1, 0.15) is 11.2 Å². The Hall–Kier alpha value is -7.41. The number of anilines is 1. The Kier molecular flexibility index (Phi) is 7.40. The molecule has 0 spiro atoms. The summed E-state index contributed by atoms with van der Waals surface area (Å²) in [5.74, 6) is 1.78. The van der Waals surface area contributed by atoms with Crippen molar-refractivity contribution in [1.82, 2.24) is 15.0 Å². The second-order valence-corrected chi connectivity index (χ2v) is 15.8. The maximum absolute atomic E-state index is 6.45.